The molecule has 78 valence electrons. The molecule has 1 atom stereocenters. The Morgan fingerprint density at radius 3 is 2.15 bits per heavy atom. The molecule has 13 heavy (non-hydrogen) atoms. The Morgan fingerprint density at radius 2 is 1.77 bits per heavy atom. The zero-order chi connectivity index (χ0) is 10.1. The van der Waals surface area contributed by atoms with Gasteiger partial charge in [0.15, 0.2) is 0 Å². The number of hydrogen-bond donors (Lipinski definition) is 1. The minimum Gasteiger partial charge on any atom is -0.309 e. The van der Waals surface area contributed by atoms with Crippen LogP contribution in [0, 0.1) is 5.41 Å². The number of rotatable bonds is 1. The summed E-state index contributed by atoms with van der Waals surface area (Å²) in [5, 5.41) is 2.92. The fraction of sp³-hybridized carbons (Fsp3) is 1.00. The molecule has 1 aliphatic rings. The summed E-state index contributed by atoms with van der Waals surface area (Å²) in [4.78, 5) is 0. The molecule has 0 radical (unpaired) electrons. The van der Waals surface area contributed by atoms with Gasteiger partial charge < -0.3 is 5.32 Å². The highest BCUT2D eigenvalue weighted by molar-refractivity contribution is 4.93. The minimum absolute atomic E-state index is 0.601. The monoisotopic (exact) mass is 191 g/mol. The molecule has 0 aromatic heterocycles. The van der Waals surface area contributed by atoms with E-state index in [0.29, 0.717) is 6.42 Å². The Labute approximate surface area is 78.9 Å². The summed E-state index contributed by atoms with van der Waals surface area (Å²) >= 11 is 0. The van der Waals surface area contributed by atoms with Crippen LogP contribution in [0.5, 0.6) is 0 Å². The summed E-state index contributed by atoms with van der Waals surface area (Å²) < 4.78 is 27.5. The van der Waals surface area contributed by atoms with Crippen LogP contribution in [0.2, 0.25) is 0 Å². The SMILES string of the molecule is CC(C)(C)C(F)(F)C1CCCCN1. The van der Waals surface area contributed by atoms with Crippen molar-refractivity contribution in [2.45, 2.75) is 52.0 Å². The number of alkyl halides is 2. The summed E-state index contributed by atoms with van der Waals surface area (Å²) in [6.07, 6.45) is 2.55. The van der Waals surface area contributed by atoms with Crippen LogP contribution in [0.4, 0.5) is 8.78 Å². The van der Waals surface area contributed by atoms with E-state index in [2.05, 4.69) is 5.32 Å². The van der Waals surface area contributed by atoms with Gasteiger partial charge in [-0.25, -0.2) is 8.78 Å². The van der Waals surface area contributed by atoms with Crippen molar-refractivity contribution < 1.29 is 8.78 Å². The van der Waals surface area contributed by atoms with E-state index >= 15 is 0 Å². The molecule has 0 aromatic carbocycles. The van der Waals surface area contributed by atoms with E-state index in [9.17, 15) is 8.78 Å². The summed E-state index contributed by atoms with van der Waals surface area (Å²) in [5.74, 6) is -2.60. The van der Waals surface area contributed by atoms with E-state index in [0.717, 1.165) is 19.4 Å². The molecule has 1 rings (SSSR count). The van der Waals surface area contributed by atoms with Crippen LogP contribution in [0.3, 0.4) is 0 Å². The van der Waals surface area contributed by atoms with Crippen LogP contribution in [0.25, 0.3) is 0 Å². The van der Waals surface area contributed by atoms with E-state index in [1.165, 1.54) is 0 Å². The zero-order valence-electron chi connectivity index (χ0n) is 8.66. The maximum atomic E-state index is 13.8. The molecule has 0 bridgehead atoms. The molecular weight excluding hydrogens is 172 g/mol. The Balaban J connectivity index is 2.67. The van der Waals surface area contributed by atoms with Gasteiger partial charge in [0.1, 0.15) is 0 Å². The lowest BCUT2D eigenvalue weighted by atomic mass is 9.81. The molecule has 1 saturated heterocycles. The normalized spacial score (nSPS) is 26.1. The van der Waals surface area contributed by atoms with Gasteiger partial charge in [0.2, 0.25) is 0 Å². The first-order chi connectivity index (χ1) is 5.86. The zero-order valence-corrected chi connectivity index (χ0v) is 8.66. The molecule has 1 fully saturated rings. The first-order valence-corrected chi connectivity index (χ1v) is 4.97. The van der Waals surface area contributed by atoms with Gasteiger partial charge in [0.05, 0.1) is 6.04 Å². The average molecular weight is 191 g/mol. The Hall–Kier alpha value is -0.180. The maximum absolute atomic E-state index is 13.8. The van der Waals surface area contributed by atoms with Crippen molar-refractivity contribution in [2.24, 2.45) is 5.41 Å². The molecule has 0 amide bonds. The Morgan fingerprint density at radius 1 is 1.15 bits per heavy atom. The average Bonchev–Trinajstić information content (AvgIpc) is 2.04. The number of nitrogens with one attached hydrogen (secondary N) is 1. The largest absolute Gasteiger partial charge is 0.309 e. The van der Waals surface area contributed by atoms with Crippen molar-refractivity contribution in [1.82, 2.24) is 5.32 Å². The van der Waals surface area contributed by atoms with Crippen LogP contribution < -0.4 is 5.32 Å². The van der Waals surface area contributed by atoms with Gasteiger partial charge in [-0.05, 0) is 19.4 Å². The lowest BCUT2D eigenvalue weighted by molar-refractivity contribution is -0.129. The molecule has 3 heteroatoms. The Kier molecular flexibility index (Phi) is 2.95. The molecule has 1 N–H and O–H groups in total. The van der Waals surface area contributed by atoms with Crippen molar-refractivity contribution in [3.63, 3.8) is 0 Å². The third kappa shape index (κ3) is 2.19. The quantitative estimate of drug-likeness (QED) is 0.672. The number of halogens is 2. The fourth-order valence-electron chi connectivity index (χ4n) is 1.68. The molecule has 1 unspecified atom stereocenters. The van der Waals surface area contributed by atoms with Crippen molar-refractivity contribution in [3.8, 4) is 0 Å². The summed E-state index contributed by atoms with van der Waals surface area (Å²) in [6, 6.07) is -0.624. The highest BCUT2D eigenvalue weighted by atomic mass is 19.3. The van der Waals surface area contributed by atoms with Crippen molar-refractivity contribution >= 4 is 0 Å². The van der Waals surface area contributed by atoms with Crippen LogP contribution >= 0.6 is 0 Å². The van der Waals surface area contributed by atoms with Crippen LogP contribution in [0.1, 0.15) is 40.0 Å². The smallest absolute Gasteiger partial charge is 0.267 e. The predicted octanol–water partition coefficient (Wildman–Crippen LogP) is 2.81. The maximum Gasteiger partial charge on any atom is 0.267 e. The van der Waals surface area contributed by atoms with E-state index < -0.39 is 17.4 Å². The fourth-order valence-corrected chi connectivity index (χ4v) is 1.68. The van der Waals surface area contributed by atoms with Crippen LogP contribution in [0.15, 0.2) is 0 Å². The summed E-state index contributed by atoms with van der Waals surface area (Å²) in [6.45, 7) is 5.53. The lowest BCUT2D eigenvalue weighted by Gasteiger charge is -2.39. The van der Waals surface area contributed by atoms with Gasteiger partial charge in [-0.2, -0.15) is 0 Å². The molecule has 1 aliphatic heterocycles. The highest BCUT2D eigenvalue weighted by Gasteiger charge is 2.49. The predicted molar refractivity (Wildman–Crippen MR) is 50.0 cm³/mol. The Bertz CT molecular complexity index is 166. The first kappa shape index (κ1) is 10.9. The molecule has 0 saturated carbocycles. The molecule has 1 heterocycles. The van der Waals surface area contributed by atoms with Gasteiger partial charge >= 0.3 is 0 Å². The molecule has 0 aliphatic carbocycles. The summed E-state index contributed by atoms with van der Waals surface area (Å²) in [5.41, 5.74) is -0.942. The van der Waals surface area contributed by atoms with E-state index in [1.54, 1.807) is 20.8 Å². The second-order valence-electron chi connectivity index (χ2n) is 4.88. The lowest BCUT2D eigenvalue weighted by Crippen LogP contribution is -2.54. The molecular formula is C10H19F2N. The third-order valence-corrected chi connectivity index (χ3v) is 2.75. The van der Waals surface area contributed by atoms with Gasteiger partial charge in [0.25, 0.3) is 5.92 Å². The van der Waals surface area contributed by atoms with Gasteiger partial charge in [-0.1, -0.05) is 27.2 Å². The topological polar surface area (TPSA) is 12.0 Å². The second-order valence-corrected chi connectivity index (χ2v) is 4.88. The van der Waals surface area contributed by atoms with E-state index in [1.807, 2.05) is 0 Å². The third-order valence-electron chi connectivity index (χ3n) is 2.75. The van der Waals surface area contributed by atoms with Gasteiger partial charge in [-0.3, -0.25) is 0 Å². The highest BCUT2D eigenvalue weighted by Crippen LogP contribution is 2.40. The van der Waals surface area contributed by atoms with E-state index in [4.69, 9.17) is 0 Å². The van der Waals surface area contributed by atoms with Crippen LogP contribution in [-0.2, 0) is 0 Å². The van der Waals surface area contributed by atoms with Crippen molar-refractivity contribution in [2.75, 3.05) is 6.54 Å². The summed E-state index contributed by atoms with van der Waals surface area (Å²) in [7, 11) is 0. The molecule has 0 spiro atoms. The number of piperidine rings is 1. The second kappa shape index (κ2) is 3.52. The van der Waals surface area contributed by atoms with Crippen molar-refractivity contribution in [1.29, 1.82) is 0 Å². The van der Waals surface area contributed by atoms with Crippen LogP contribution in [-0.4, -0.2) is 18.5 Å². The molecule has 1 nitrogen and oxygen atoms in total. The van der Waals surface area contributed by atoms with Crippen molar-refractivity contribution in [3.05, 3.63) is 0 Å². The first-order valence-electron chi connectivity index (χ1n) is 4.97. The minimum atomic E-state index is -2.60. The van der Waals surface area contributed by atoms with Gasteiger partial charge in [-0.15, -0.1) is 0 Å². The van der Waals surface area contributed by atoms with E-state index in [-0.39, 0.29) is 0 Å². The molecule has 0 aromatic rings. The van der Waals surface area contributed by atoms with Gasteiger partial charge in [0, 0.05) is 5.41 Å². The number of hydrogen-bond acceptors (Lipinski definition) is 1. The standard InChI is InChI=1S/C10H19F2N/c1-9(2,3)10(11,12)8-6-4-5-7-13-8/h8,13H,4-7H2,1-3H3.